The van der Waals surface area contributed by atoms with E-state index in [0.29, 0.717) is 6.04 Å². The summed E-state index contributed by atoms with van der Waals surface area (Å²) in [6, 6.07) is 2.48. The largest absolute Gasteiger partial charge is 0.397 e. The third kappa shape index (κ3) is 2.22. The van der Waals surface area contributed by atoms with Gasteiger partial charge in [-0.25, -0.2) is 4.98 Å². The van der Waals surface area contributed by atoms with Crippen molar-refractivity contribution in [3.63, 3.8) is 0 Å². The molecule has 3 heteroatoms. The molecule has 1 saturated carbocycles. The van der Waals surface area contributed by atoms with Crippen molar-refractivity contribution in [2.45, 2.75) is 39.2 Å². The van der Waals surface area contributed by atoms with Crippen molar-refractivity contribution in [1.29, 1.82) is 0 Å². The van der Waals surface area contributed by atoms with E-state index in [-0.39, 0.29) is 0 Å². The average Bonchev–Trinajstić information content (AvgIpc) is 2.07. The van der Waals surface area contributed by atoms with E-state index in [2.05, 4.69) is 17.2 Å². The summed E-state index contributed by atoms with van der Waals surface area (Å²) in [5, 5.41) is 3.47. The number of hydrogen-bond acceptors (Lipinski definition) is 3. The van der Waals surface area contributed by atoms with Crippen LogP contribution in [0.4, 0.5) is 11.5 Å². The highest BCUT2D eigenvalue weighted by Gasteiger charge is 2.24. The fourth-order valence-corrected chi connectivity index (χ4v) is 2.02. The van der Waals surface area contributed by atoms with Crippen LogP contribution in [0.25, 0.3) is 0 Å². The number of aromatic nitrogens is 1. The van der Waals surface area contributed by atoms with Gasteiger partial charge in [-0.2, -0.15) is 0 Å². The van der Waals surface area contributed by atoms with Gasteiger partial charge in [0.2, 0.25) is 0 Å². The molecule has 1 atom stereocenters. The van der Waals surface area contributed by atoms with Crippen LogP contribution >= 0.6 is 0 Å². The van der Waals surface area contributed by atoms with Crippen molar-refractivity contribution in [2.24, 2.45) is 5.92 Å². The van der Waals surface area contributed by atoms with Crippen molar-refractivity contribution >= 4 is 11.5 Å². The van der Waals surface area contributed by atoms with E-state index in [1.165, 1.54) is 19.3 Å². The lowest BCUT2D eigenvalue weighted by Crippen LogP contribution is -2.31. The SMILES string of the molecule is Cc1cc(N)cnc1NC(C)C1CCC1. The van der Waals surface area contributed by atoms with E-state index in [1.807, 2.05) is 13.0 Å². The first-order chi connectivity index (χ1) is 7.16. The van der Waals surface area contributed by atoms with Crippen LogP contribution in [0.2, 0.25) is 0 Å². The quantitative estimate of drug-likeness (QED) is 0.797. The predicted octanol–water partition coefficient (Wildman–Crippen LogP) is 2.57. The Hall–Kier alpha value is -1.25. The minimum Gasteiger partial charge on any atom is -0.397 e. The Balaban J connectivity index is 2.03. The number of pyridine rings is 1. The zero-order valence-corrected chi connectivity index (χ0v) is 9.46. The Kier molecular flexibility index (Phi) is 2.80. The molecule has 1 aliphatic carbocycles. The first kappa shape index (κ1) is 10.3. The molecule has 0 bridgehead atoms. The first-order valence-electron chi connectivity index (χ1n) is 5.65. The third-order valence-corrected chi connectivity index (χ3v) is 3.32. The van der Waals surface area contributed by atoms with Gasteiger partial charge in [0.25, 0.3) is 0 Å². The highest BCUT2D eigenvalue weighted by Crippen LogP contribution is 2.31. The van der Waals surface area contributed by atoms with Gasteiger partial charge in [0.05, 0.1) is 11.9 Å². The summed E-state index contributed by atoms with van der Waals surface area (Å²) in [7, 11) is 0. The molecule has 0 radical (unpaired) electrons. The van der Waals surface area contributed by atoms with Crippen LogP contribution < -0.4 is 11.1 Å². The molecule has 3 nitrogen and oxygen atoms in total. The molecule has 2 rings (SSSR count). The fraction of sp³-hybridized carbons (Fsp3) is 0.583. The zero-order valence-electron chi connectivity index (χ0n) is 9.46. The number of anilines is 2. The second-order valence-corrected chi connectivity index (χ2v) is 4.56. The molecule has 15 heavy (non-hydrogen) atoms. The number of nitrogens with two attached hydrogens (primary N) is 1. The van der Waals surface area contributed by atoms with Crippen LogP contribution in [0.1, 0.15) is 31.7 Å². The molecule has 3 N–H and O–H groups in total. The van der Waals surface area contributed by atoms with Gasteiger partial charge in [0.1, 0.15) is 5.82 Å². The Labute approximate surface area is 91.1 Å². The van der Waals surface area contributed by atoms with Gasteiger partial charge in [-0.1, -0.05) is 6.42 Å². The van der Waals surface area contributed by atoms with Crippen molar-refractivity contribution in [1.82, 2.24) is 4.98 Å². The van der Waals surface area contributed by atoms with Crippen molar-refractivity contribution in [3.05, 3.63) is 17.8 Å². The van der Waals surface area contributed by atoms with Gasteiger partial charge in [0.15, 0.2) is 0 Å². The van der Waals surface area contributed by atoms with Crippen LogP contribution in [-0.4, -0.2) is 11.0 Å². The Morgan fingerprint density at radius 2 is 2.27 bits per heavy atom. The number of aryl methyl sites for hydroxylation is 1. The molecule has 1 aromatic rings. The maximum absolute atomic E-state index is 5.67. The van der Waals surface area contributed by atoms with Crippen LogP contribution in [-0.2, 0) is 0 Å². The Bertz CT molecular complexity index is 345. The van der Waals surface area contributed by atoms with E-state index in [9.17, 15) is 0 Å². The van der Waals surface area contributed by atoms with Gasteiger partial charge in [0, 0.05) is 6.04 Å². The molecule has 0 saturated heterocycles. The van der Waals surface area contributed by atoms with E-state index < -0.39 is 0 Å². The predicted molar refractivity (Wildman–Crippen MR) is 63.8 cm³/mol. The van der Waals surface area contributed by atoms with Crippen molar-refractivity contribution in [2.75, 3.05) is 11.1 Å². The maximum atomic E-state index is 5.67. The normalized spacial score (nSPS) is 18.3. The molecule has 0 amide bonds. The standard InChI is InChI=1S/C12H19N3/c1-8-6-11(13)7-14-12(8)15-9(2)10-4-3-5-10/h6-7,9-10H,3-5,13H2,1-2H3,(H,14,15). The number of hydrogen-bond donors (Lipinski definition) is 2. The van der Waals surface area contributed by atoms with E-state index in [4.69, 9.17) is 5.73 Å². The Morgan fingerprint density at radius 1 is 1.53 bits per heavy atom. The molecular weight excluding hydrogens is 186 g/mol. The minimum atomic E-state index is 0.522. The molecule has 0 aliphatic heterocycles. The molecule has 82 valence electrons. The van der Waals surface area contributed by atoms with Gasteiger partial charge in [-0.3, -0.25) is 0 Å². The number of nitrogens with zero attached hydrogens (tertiary/aromatic N) is 1. The number of rotatable bonds is 3. The van der Waals surface area contributed by atoms with Gasteiger partial charge < -0.3 is 11.1 Å². The van der Waals surface area contributed by atoms with Crippen molar-refractivity contribution < 1.29 is 0 Å². The molecule has 0 spiro atoms. The number of nitrogens with one attached hydrogen (secondary N) is 1. The van der Waals surface area contributed by atoms with Crippen LogP contribution in [0, 0.1) is 12.8 Å². The lowest BCUT2D eigenvalue weighted by Gasteiger charge is -2.32. The first-order valence-corrected chi connectivity index (χ1v) is 5.65. The second kappa shape index (κ2) is 4.09. The smallest absolute Gasteiger partial charge is 0.129 e. The summed E-state index contributed by atoms with van der Waals surface area (Å²) in [5.41, 5.74) is 7.52. The maximum Gasteiger partial charge on any atom is 0.129 e. The van der Waals surface area contributed by atoms with Crippen molar-refractivity contribution in [3.8, 4) is 0 Å². The van der Waals surface area contributed by atoms with E-state index in [0.717, 1.165) is 23.0 Å². The van der Waals surface area contributed by atoms with E-state index >= 15 is 0 Å². The summed E-state index contributed by atoms with van der Waals surface area (Å²) < 4.78 is 0. The molecule has 1 aliphatic rings. The lowest BCUT2D eigenvalue weighted by molar-refractivity contribution is 0.285. The van der Waals surface area contributed by atoms with Gasteiger partial charge in [-0.05, 0) is 44.2 Å². The van der Waals surface area contributed by atoms with E-state index in [1.54, 1.807) is 6.20 Å². The zero-order chi connectivity index (χ0) is 10.8. The summed E-state index contributed by atoms with van der Waals surface area (Å²) in [6.07, 6.45) is 5.79. The highest BCUT2D eigenvalue weighted by molar-refractivity contribution is 5.51. The summed E-state index contributed by atoms with van der Waals surface area (Å²) in [4.78, 5) is 4.32. The molecule has 1 unspecified atom stereocenters. The third-order valence-electron chi connectivity index (χ3n) is 3.32. The summed E-state index contributed by atoms with van der Waals surface area (Å²) >= 11 is 0. The summed E-state index contributed by atoms with van der Waals surface area (Å²) in [5.74, 6) is 1.80. The van der Waals surface area contributed by atoms with Gasteiger partial charge >= 0.3 is 0 Å². The van der Waals surface area contributed by atoms with Crippen LogP contribution in [0.15, 0.2) is 12.3 Å². The van der Waals surface area contributed by atoms with Crippen LogP contribution in [0.3, 0.4) is 0 Å². The molecule has 1 heterocycles. The van der Waals surface area contributed by atoms with Gasteiger partial charge in [-0.15, -0.1) is 0 Å². The molecule has 1 fully saturated rings. The average molecular weight is 205 g/mol. The number of nitrogen functional groups attached to an aromatic ring is 1. The lowest BCUT2D eigenvalue weighted by atomic mass is 9.80. The minimum absolute atomic E-state index is 0.522. The fourth-order valence-electron chi connectivity index (χ4n) is 2.02. The second-order valence-electron chi connectivity index (χ2n) is 4.56. The monoisotopic (exact) mass is 205 g/mol. The summed E-state index contributed by atoms with van der Waals surface area (Å²) in [6.45, 7) is 4.28. The van der Waals surface area contributed by atoms with Crippen LogP contribution in [0.5, 0.6) is 0 Å². The molecule has 1 aromatic heterocycles. The Morgan fingerprint density at radius 3 is 2.80 bits per heavy atom. The molecule has 0 aromatic carbocycles. The highest BCUT2D eigenvalue weighted by atomic mass is 15.0. The molecular formula is C12H19N3. The topological polar surface area (TPSA) is 50.9 Å².